The first-order chi connectivity index (χ1) is 16.2. The van der Waals surface area contributed by atoms with Crippen molar-refractivity contribution in [3.05, 3.63) is 59.9 Å². The SMILES string of the molecule is CCCOc1cc(C=C(C#N)c2nnc(N3CCOCC3)n2-c2ccccc2)ccc1OC. The Kier molecular flexibility index (Phi) is 7.22. The van der Waals surface area contributed by atoms with E-state index in [4.69, 9.17) is 14.2 Å². The Hall–Kier alpha value is -3.83. The molecule has 0 saturated carbocycles. The van der Waals surface area contributed by atoms with Crippen molar-refractivity contribution in [3.63, 3.8) is 0 Å². The molecular weight excluding hydrogens is 418 g/mol. The van der Waals surface area contributed by atoms with Gasteiger partial charge in [-0.3, -0.25) is 4.57 Å². The predicted octanol–water partition coefficient (Wildman–Crippen LogP) is 3.97. The number of ether oxygens (including phenoxy) is 3. The summed E-state index contributed by atoms with van der Waals surface area (Å²) in [7, 11) is 1.61. The third kappa shape index (κ3) is 4.99. The number of methoxy groups -OCH3 is 1. The van der Waals surface area contributed by atoms with Crippen molar-refractivity contribution in [2.24, 2.45) is 0 Å². The number of benzene rings is 2. The molecule has 0 aliphatic carbocycles. The van der Waals surface area contributed by atoms with Crippen molar-refractivity contribution in [3.8, 4) is 23.3 Å². The quantitative estimate of drug-likeness (QED) is 0.485. The summed E-state index contributed by atoms with van der Waals surface area (Å²) in [5, 5.41) is 18.9. The van der Waals surface area contributed by atoms with Crippen molar-refractivity contribution in [2.75, 3.05) is 44.9 Å². The molecule has 0 atom stereocenters. The molecule has 0 bridgehead atoms. The largest absolute Gasteiger partial charge is 0.493 e. The second-order valence-corrected chi connectivity index (χ2v) is 7.52. The van der Waals surface area contributed by atoms with E-state index in [9.17, 15) is 5.26 Å². The van der Waals surface area contributed by atoms with E-state index in [1.807, 2.05) is 60.0 Å². The summed E-state index contributed by atoms with van der Waals surface area (Å²) >= 11 is 0. The predicted molar refractivity (Wildman–Crippen MR) is 127 cm³/mol. The van der Waals surface area contributed by atoms with Gasteiger partial charge >= 0.3 is 0 Å². The lowest BCUT2D eigenvalue weighted by Gasteiger charge is -2.28. The van der Waals surface area contributed by atoms with Crippen molar-refractivity contribution in [1.82, 2.24) is 14.8 Å². The summed E-state index contributed by atoms with van der Waals surface area (Å²) in [6.45, 7) is 5.32. The highest BCUT2D eigenvalue weighted by atomic mass is 16.5. The van der Waals surface area contributed by atoms with Gasteiger partial charge in [0.1, 0.15) is 6.07 Å². The van der Waals surface area contributed by atoms with Crippen LogP contribution < -0.4 is 14.4 Å². The molecule has 0 N–H and O–H groups in total. The first kappa shape index (κ1) is 22.4. The minimum absolute atomic E-state index is 0.400. The molecular formula is C25H27N5O3. The second-order valence-electron chi connectivity index (χ2n) is 7.52. The monoisotopic (exact) mass is 445 g/mol. The molecule has 1 saturated heterocycles. The maximum atomic E-state index is 10.1. The van der Waals surface area contributed by atoms with Crippen LogP contribution in [0.4, 0.5) is 5.95 Å². The Morgan fingerprint density at radius 2 is 1.91 bits per heavy atom. The minimum atomic E-state index is 0.400. The molecule has 1 aliphatic heterocycles. The van der Waals surface area contributed by atoms with Gasteiger partial charge in [-0.1, -0.05) is 31.2 Å². The smallest absolute Gasteiger partial charge is 0.232 e. The van der Waals surface area contributed by atoms with E-state index in [0.29, 0.717) is 61.8 Å². The van der Waals surface area contributed by atoms with Crippen molar-refractivity contribution in [2.45, 2.75) is 13.3 Å². The van der Waals surface area contributed by atoms with Crippen LogP contribution in [0, 0.1) is 11.3 Å². The number of anilines is 1. The Bertz CT molecular complexity index is 1140. The Morgan fingerprint density at radius 1 is 1.12 bits per heavy atom. The summed E-state index contributed by atoms with van der Waals surface area (Å²) in [6, 6.07) is 17.7. The molecule has 0 amide bonds. The van der Waals surface area contributed by atoms with Gasteiger partial charge in [0.25, 0.3) is 0 Å². The Balaban J connectivity index is 1.78. The molecule has 1 aromatic heterocycles. The highest BCUT2D eigenvalue weighted by Gasteiger charge is 2.23. The molecule has 1 aliphatic rings. The topological polar surface area (TPSA) is 85.4 Å². The van der Waals surface area contributed by atoms with Gasteiger partial charge in [0.15, 0.2) is 17.3 Å². The number of aromatic nitrogens is 3. The van der Waals surface area contributed by atoms with E-state index in [0.717, 1.165) is 17.7 Å². The lowest BCUT2D eigenvalue weighted by molar-refractivity contribution is 0.122. The van der Waals surface area contributed by atoms with E-state index >= 15 is 0 Å². The molecule has 8 heteroatoms. The van der Waals surface area contributed by atoms with E-state index in [1.54, 1.807) is 13.2 Å². The van der Waals surface area contributed by atoms with E-state index in [1.165, 1.54) is 0 Å². The van der Waals surface area contributed by atoms with Gasteiger partial charge in [-0.2, -0.15) is 5.26 Å². The van der Waals surface area contributed by atoms with Crippen LogP contribution in [0.2, 0.25) is 0 Å². The van der Waals surface area contributed by atoms with Crippen molar-refractivity contribution >= 4 is 17.6 Å². The highest BCUT2D eigenvalue weighted by molar-refractivity contribution is 5.88. The van der Waals surface area contributed by atoms with Crippen LogP contribution in [0.15, 0.2) is 48.5 Å². The molecule has 33 heavy (non-hydrogen) atoms. The average Bonchev–Trinajstić information content (AvgIpc) is 3.32. The summed E-state index contributed by atoms with van der Waals surface area (Å²) in [5.74, 6) is 2.48. The lowest BCUT2D eigenvalue weighted by Crippen LogP contribution is -2.38. The van der Waals surface area contributed by atoms with Crippen molar-refractivity contribution < 1.29 is 14.2 Å². The maximum absolute atomic E-state index is 10.1. The molecule has 0 spiro atoms. The highest BCUT2D eigenvalue weighted by Crippen LogP contribution is 2.31. The van der Waals surface area contributed by atoms with Gasteiger partial charge in [0.2, 0.25) is 5.95 Å². The van der Waals surface area contributed by atoms with Gasteiger partial charge in [-0.05, 0) is 42.3 Å². The molecule has 3 aromatic rings. The molecule has 2 heterocycles. The van der Waals surface area contributed by atoms with Crippen LogP contribution in [0.1, 0.15) is 24.7 Å². The van der Waals surface area contributed by atoms with Crippen LogP contribution in [-0.2, 0) is 4.74 Å². The van der Waals surface area contributed by atoms with Gasteiger partial charge in [0.05, 0.1) is 38.2 Å². The Labute approximate surface area is 193 Å². The Morgan fingerprint density at radius 3 is 2.61 bits per heavy atom. The fraction of sp³-hybridized carbons (Fsp3) is 0.320. The molecule has 2 aromatic carbocycles. The summed E-state index contributed by atoms with van der Waals surface area (Å²) in [4.78, 5) is 2.13. The third-order valence-electron chi connectivity index (χ3n) is 5.28. The summed E-state index contributed by atoms with van der Waals surface area (Å²) in [6.07, 6.45) is 2.68. The minimum Gasteiger partial charge on any atom is -0.493 e. The number of morpholine rings is 1. The fourth-order valence-corrected chi connectivity index (χ4v) is 3.65. The van der Waals surface area contributed by atoms with E-state index in [-0.39, 0.29) is 0 Å². The fourth-order valence-electron chi connectivity index (χ4n) is 3.65. The molecule has 8 nitrogen and oxygen atoms in total. The first-order valence-electron chi connectivity index (χ1n) is 11.0. The average molecular weight is 446 g/mol. The van der Waals surface area contributed by atoms with Crippen LogP contribution in [0.3, 0.4) is 0 Å². The van der Waals surface area contributed by atoms with Gasteiger partial charge in [0, 0.05) is 13.1 Å². The zero-order chi connectivity index (χ0) is 23.0. The summed E-state index contributed by atoms with van der Waals surface area (Å²) < 4.78 is 18.7. The van der Waals surface area contributed by atoms with Crippen LogP contribution in [0.25, 0.3) is 17.3 Å². The number of hydrogen-bond acceptors (Lipinski definition) is 7. The van der Waals surface area contributed by atoms with Gasteiger partial charge < -0.3 is 19.1 Å². The normalized spacial score (nSPS) is 14.1. The van der Waals surface area contributed by atoms with E-state index in [2.05, 4.69) is 21.2 Å². The zero-order valence-electron chi connectivity index (χ0n) is 18.9. The third-order valence-corrected chi connectivity index (χ3v) is 5.28. The number of para-hydroxylation sites is 1. The van der Waals surface area contributed by atoms with Crippen LogP contribution in [0.5, 0.6) is 11.5 Å². The molecule has 0 unspecified atom stereocenters. The second kappa shape index (κ2) is 10.7. The number of nitriles is 1. The number of hydrogen-bond donors (Lipinski definition) is 0. The molecule has 4 rings (SSSR count). The van der Waals surface area contributed by atoms with Crippen LogP contribution >= 0.6 is 0 Å². The molecule has 1 fully saturated rings. The maximum Gasteiger partial charge on any atom is 0.232 e. The first-order valence-corrected chi connectivity index (χ1v) is 11.0. The number of nitrogens with zero attached hydrogens (tertiary/aromatic N) is 5. The van der Waals surface area contributed by atoms with Crippen molar-refractivity contribution in [1.29, 1.82) is 5.26 Å². The standard InChI is InChI=1S/C25H27N5O3/c1-3-13-33-23-17-19(9-10-22(23)31-2)16-20(18-26)24-27-28-25(29-11-14-32-15-12-29)30(24)21-7-5-4-6-8-21/h4-10,16-17H,3,11-15H2,1-2H3. The zero-order valence-corrected chi connectivity index (χ0v) is 18.9. The van der Waals surface area contributed by atoms with E-state index < -0.39 is 0 Å². The van der Waals surface area contributed by atoms with Gasteiger partial charge in [-0.25, -0.2) is 0 Å². The molecule has 0 radical (unpaired) electrons. The lowest BCUT2D eigenvalue weighted by atomic mass is 10.1. The number of rotatable bonds is 8. The molecule has 170 valence electrons. The van der Waals surface area contributed by atoms with Crippen LogP contribution in [-0.4, -0.2) is 54.8 Å². The van der Waals surface area contributed by atoms with Gasteiger partial charge in [-0.15, -0.1) is 10.2 Å². The number of allylic oxidation sites excluding steroid dienone is 1. The summed E-state index contributed by atoms with van der Waals surface area (Å²) in [5.41, 5.74) is 2.10.